The van der Waals surface area contributed by atoms with E-state index in [1.807, 2.05) is 35.6 Å². The number of carboxylic acids is 1. The van der Waals surface area contributed by atoms with Gasteiger partial charge in [0.25, 0.3) is 5.84 Å². The predicted octanol–water partition coefficient (Wildman–Crippen LogP) is 2.98. The number of nitrogens with two attached hydrogens (primary N) is 1. The van der Waals surface area contributed by atoms with Gasteiger partial charge in [-0.05, 0) is 24.3 Å². The fourth-order valence-electron chi connectivity index (χ4n) is 2.02. The molecule has 122 valence electrons. The number of aliphatic imine (C=N–C) groups is 1. The zero-order valence-corrected chi connectivity index (χ0v) is 14.4. The molecule has 0 aliphatic carbocycles. The molecule has 2 N–H and O–H groups in total. The molecular weight excluding hydrogens is 371 g/mol. The fourth-order valence-corrected chi connectivity index (χ4v) is 3.22. The minimum atomic E-state index is -1.25. The van der Waals surface area contributed by atoms with Crippen LogP contribution in [0.25, 0.3) is 0 Å². The van der Waals surface area contributed by atoms with E-state index in [2.05, 4.69) is 11.1 Å². The molecule has 1 aliphatic rings. The maximum absolute atomic E-state index is 10.1. The van der Waals surface area contributed by atoms with Crippen LogP contribution in [0, 0.1) is 0 Å². The molecular formula is C16H10Cl2N2O3S. The van der Waals surface area contributed by atoms with Gasteiger partial charge in [-0.3, -0.25) is 5.32 Å². The van der Waals surface area contributed by atoms with Crippen molar-refractivity contribution in [2.24, 2.45) is 4.99 Å². The number of rotatable bonds is 2. The SMILES string of the molecule is O=C([O-])c1cc(Cl)c(Cl)s1.c1coc(C2=Nc3ccccc3[NH2+]2)c1. The van der Waals surface area contributed by atoms with Crippen molar-refractivity contribution < 1.29 is 19.6 Å². The Morgan fingerprint density at radius 3 is 2.54 bits per heavy atom. The average Bonchev–Trinajstić information content (AvgIpc) is 3.28. The second-order valence-corrected chi connectivity index (χ2v) is 6.76. The number of halogens is 2. The Hall–Kier alpha value is -2.12. The van der Waals surface area contributed by atoms with Crippen LogP contribution in [0.1, 0.15) is 15.4 Å². The van der Waals surface area contributed by atoms with Gasteiger partial charge in [0.2, 0.25) is 5.76 Å². The van der Waals surface area contributed by atoms with E-state index in [0.717, 1.165) is 34.3 Å². The summed E-state index contributed by atoms with van der Waals surface area (Å²) in [6, 6.07) is 13.1. The van der Waals surface area contributed by atoms with Crippen LogP contribution in [-0.2, 0) is 0 Å². The number of nitrogens with zero attached hydrogens (tertiary/aromatic N) is 1. The topological polar surface area (TPSA) is 82.2 Å². The molecule has 0 saturated heterocycles. The lowest BCUT2D eigenvalue weighted by Gasteiger charge is -1.91. The number of fused-ring (bicyclic) bond motifs is 1. The van der Waals surface area contributed by atoms with E-state index in [0.29, 0.717) is 0 Å². The lowest BCUT2D eigenvalue weighted by Crippen LogP contribution is -2.80. The zero-order valence-electron chi connectivity index (χ0n) is 12.0. The first-order chi connectivity index (χ1) is 11.5. The molecule has 0 unspecified atom stereocenters. The summed E-state index contributed by atoms with van der Waals surface area (Å²) in [5.74, 6) is 0.469. The van der Waals surface area contributed by atoms with Gasteiger partial charge in [-0.1, -0.05) is 35.3 Å². The third-order valence-electron chi connectivity index (χ3n) is 3.09. The second kappa shape index (κ2) is 7.19. The van der Waals surface area contributed by atoms with Gasteiger partial charge in [0.15, 0.2) is 5.69 Å². The smallest absolute Gasteiger partial charge is 0.273 e. The quantitative estimate of drug-likeness (QED) is 0.693. The summed E-state index contributed by atoms with van der Waals surface area (Å²) in [6.07, 6.45) is 1.66. The lowest BCUT2D eigenvalue weighted by atomic mass is 10.3. The van der Waals surface area contributed by atoms with E-state index in [9.17, 15) is 9.90 Å². The minimum absolute atomic E-state index is 0.0509. The normalized spacial score (nSPS) is 12.2. The predicted molar refractivity (Wildman–Crippen MR) is 91.6 cm³/mol. The van der Waals surface area contributed by atoms with Crippen molar-refractivity contribution in [3.63, 3.8) is 0 Å². The summed E-state index contributed by atoms with van der Waals surface area (Å²) in [7, 11) is 0. The molecule has 1 aromatic carbocycles. The van der Waals surface area contributed by atoms with Crippen molar-refractivity contribution in [1.29, 1.82) is 0 Å². The summed E-state index contributed by atoms with van der Waals surface area (Å²) in [5, 5.41) is 12.4. The third-order valence-corrected chi connectivity index (χ3v) is 4.94. The largest absolute Gasteiger partial charge is 0.544 e. The number of hydrogen-bond acceptors (Lipinski definition) is 5. The number of hydrogen-bond donors (Lipinski definition) is 1. The van der Waals surface area contributed by atoms with E-state index in [-0.39, 0.29) is 14.2 Å². The Kier molecular flexibility index (Phi) is 5.01. The first-order valence-electron chi connectivity index (χ1n) is 6.77. The highest BCUT2D eigenvalue weighted by Crippen LogP contribution is 2.31. The molecule has 2 aromatic heterocycles. The van der Waals surface area contributed by atoms with E-state index < -0.39 is 5.97 Å². The Morgan fingerprint density at radius 2 is 2.00 bits per heavy atom. The highest BCUT2D eigenvalue weighted by Gasteiger charge is 2.21. The Morgan fingerprint density at radius 1 is 1.21 bits per heavy atom. The van der Waals surface area contributed by atoms with Crippen LogP contribution < -0.4 is 10.4 Å². The summed E-state index contributed by atoms with van der Waals surface area (Å²) in [6.45, 7) is 0. The van der Waals surface area contributed by atoms with Gasteiger partial charge in [-0.25, -0.2) is 0 Å². The number of quaternary nitrogens is 1. The summed E-state index contributed by atoms with van der Waals surface area (Å²) >= 11 is 11.8. The maximum atomic E-state index is 10.1. The van der Waals surface area contributed by atoms with Gasteiger partial charge in [0, 0.05) is 6.07 Å². The second-order valence-electron chi connectivity index (χ2n) is 4.70. The number of para-hydroxylation sites is 2. The first-order valence-corrected chi connectivity index (χ1v) is 8.34. The van der Waals surface area contributed by atoms with Crippen LogP contribution >= 0.6 is 34.5 Å². The number of aromatic carboxylic acids is 1. The molecule has 0 spiro atoms. The number of benzene rings is 1. The van der Waals surface area contributed by atoms with Crippen LogP contribution in [0.15, 0.2) is 58.1 Å². The lowest BCUT2D eigenvalue weighted by molar-refractivity contribution is -0.438. The fraction of sp³-hybridized carbons (Fsp3) is 0. The van der Waals surface area contributed by atoms with Gasteiger partial charge < -0.3 is 14.3 Å². The Balaban J connectivity index is 0.000000150. The number of carbonyl (C=O) groups excluding carboxylic acids is 1. The van der Waals surface area contributed by atoms with Gasteiger partial charge >= 0.3 is 0 Å². The van der Waals surface area contributed by atoms with Gasteiger partial charge in [-0.2, -0.15) is 4.99 Å². The van der Waals surface area contributed by atoms with E-state index >= 15 is 0 Å². The number of amidine groups is 1. The van der Waals surface area contributed by atoms with Crippen molar-refractivity contribution in [2.45, 2.75) is 0 Å². The van der Waals surface area contributed by atoms with Gasteiger partial charge in [0.05, 0.1) is 22.1 Å². The molecule has 4 rings (SSSR count). The Labute approximate surface area is 151 Å². The highest BCUT2D eigenvalue weighted by atomic mass is 35.5. The summed E-state index contributed by atoms with van der Waals surface area (Å²) in [4.78, 5) is 14.7. The van der Waals surface area contributed by atoms with Crippen molar-refractivity contribution in [2.75, 3.05) is 0 Å². The third kappa shape index (κ3) is 3.68. The van der Waals surface area contributed by atoms with Crippen LogP contribution in [-0.4, -0.2) is 11.8 Å². The minimum Gasteiger partial charge on any atom is -0.544 e. The highest BCUT2D eigenvalue weighted by molar-refractivity contribution is 7.18. The molecule has 0 atom stereocenters. The van der Waals surface area contributed by atoms with E-state index in [4.69, 9.17) is 27.6 Å². The molecule has 3 heterocycles. The molecule has 3 aromatic rings. The molecule has 0 saturated carbocycles. The molecule has 24 heavy (non-hydrogen) atoms. The molecule has 1 aliphatic heterocycles. The summed E-state index contributed by atoms with van der Waals surface area (Å²) < 4.78 is 5.57. The van der Waals surface area contributed by atoms with Crippen molar-refractivity contribution in [3.05, 3.63) is 68.7 Å². The number of carboxylic acid groups (broad SMARTS) is 1. The van der Waals surface area contributed by atoms with Crippen molar-refractivity contribution >= 4 is 57.7 Å². The van der Waals surface area contributed by atoms with Gasteiger partial charge in [-0.15, -0.1) is 11.3 Å². The zero-order chi connectivity index (χ0) is 17.1. The van der Waals surface area contributed by atoms with Crippen LogP contribution in [0.2, 0.25) is 9.36 Å². The Bertz CT molecular complexity index is 884. The molecule has 0 bridgehead atoms. The van der Waals surface area contributed by atoms with Crippen LogP contribution in [0.5, 0.6) is 0 Å². The monoisotopic (exact) mass is 380 g/mol. The molecule has 5 nitrogen and oxygen atoms in total. The van der Waals surface area contributed by atoms with Crippen LogP contribution in [0.3, 0.4) is 0 Å². The van der Waals surface area contributed by atoms with Gasteiger partial charge in [0.1, 0.15) is 10.0 Å². The first kappa shape index (κ1) is 16.7. The molecule has 0 fully saturated rings. The van der Waals surface area contributed by atoms with Crippen molar-refractivity contribution in [1.82, 2.24) is 0 Å². The summed E-state index contributed by atoms with van der Waals surface area (Å²) in [5.41, 5.74) is 2.16. The van der Waals surface area contributed by atoms with Crippen molar-refractivity contribution in [3.8, 4) is 0 Å². The molecule has 8 heteroatoms. The average molecular weight is 381 g/mol. The molecule has 0 amide bonds. The number of furan rings is 1. The van der Waals surface area contributed by atoms with Crippen LogP contribution in [0.4, 0.5) is 11.4 Å². The number of carbonyl (C=O) groups is 1. The maximum Gasteiger partial charge on any atom is 0.273 e. The standard InChI is InChI=1S/C11H8N2O.C5H2Cl2O2S/c1-2-5-9-8(4-1)12-11(13-9)10-6-3-7-14-10;6-2-1-3(5(8)9)10-4(2)7/h1-7H,(H,12,13);1H,(H,8,9). The van der Waals surface area contributed by atoms with E-state index in [1.165, 1.54) is 6.07 Å². The molecule has 0 radical (unpaired) electrons. The number of thiophene rings is 1. The van der Waals surface area contributed by atoms with E-state index in [1.54, 1.807) is 6.26 Å².